The maximum atomic E-state index is 10.7. The molecule has 2 nitrogen and oxygen atoms in total. The Hall–Kier alpha value is -0.180. The Bertz CT molecular complexity index is 95.1. The molecule has 3 heteroatoms. The molecule has 0 fully saturated rings. The van der Waals surface area contributed by atoms with Crippen molar-refractivity contribution in [2.75, 3.05) is 18.7 Å². The normalized spacial score (nSPS) is 9.22. The summed E-state index contributed by atoms with van der Waals surface area (Å²) in [7, 11) is 0. The first kappa shape index (κ1) is 8.82. The zero-order valence-corrected chi connectivity index (χ0v) is 6.99. The molecule has 0 spiro atoms. The number of rotatable bonds is 3. The minimum absolute atomic E-state index is 0.159. The molecule has 0 aromatic heterocycles. The Morgan fingerprint density at radius 3 is 2.33 bits per heavy atom. The number of nitrogens with zero attached hydrogens (tertiary/aromatic N) is 1. The van der Waals surface area contributed by atoms with E-state index >= 15 is 0 Å². The smallest absolute Gasteiger partial charge is 0.220 e. The van der Waals surface area contributed by atoms with Crippen LogP contribution in [0.3, 0.4) is 0 Å². The summed E-state index contributed by atoms with van der Waals surface area (Å²) in [4.78, 5) is 12.5. The molecule has 0 aliphatic carbocycles. The fourth-order valence-corrected chi connectivity index (χ4v) is 1.24. The SMILES string of the molecule is CCN(CSC)C(C)=O. The molecule has 0 rings (SSSR count). The van der Waals surface area contributed by atoms with Crippen molar-refractivity contribution in [1.29, 1.82) is 0 Å². The van der Waals surface area contributed by atoms with Gasteiger partial charge in [0.05, 0.1) is 5.88 Å². The summed E-state index contributed by atoms with van der Waals surface area (Å²) in [6.45, 7) is 4.40. The van der Waals surface area contributed by atoms with E-state index in [1.165, 1.54) is 0 Å². The topological polar surface area (TPSA) is 20.3 Å². The van der Waals surface area contributed by atoms with Crippen LogP contribution in [0, 0.1) is 0 Å². The van der Waals surface area contributed by atoms with Crippen molar-refractivity contribution in [3.05, 3.63) is 0 Å². The molecule has 0 bridgehead atoms. The molecule has 0 saturated heterocycles. The fourth-order valence-electron chi connectivity index (χ4n) is 0.561. The molecule has 0 aromatic rings. The van der Waals surface area contributed by atoms with E-state index in [1.807, 2.05) is 13.2 Å². The lowest BCUT2D eigenvalue weighted by molar-refractivity contribution is -0.127. The molecule has 1 amide bonds. The summed E-state index contributed by atoms with van der Waals surface area (Å²) >= 11 is 1.67. The lowest BCUT2D eigenvalue weighted by atomic mass is 10.6. The van der Waals surface area contributed by atoms with Gasteiger partial charge in [0.25, 0.3) is 0 Å². The zero-order chi connectivity index (χ0) is 7.28. The summed E-state index contributed by atoms with van der Waals surface area (Å²) in [5, 5.41) is 0. The van der Waals surface area contributed by atoms with E-state index in [2.05, 4.69) is 0 Å². The third-order valence-electron chi connectivity index (χ3n) is 1.11. The van der Waals surface area contributed by atoms with Gasteiger partial charge in [0.2, 0.25) is 5.91 Å². The van der Waals surface area contributed by atoms with Crippen molar-refractivity contribution in [3.63, 3.8) is 0 Å². The lowest BCUT2D eigenvalue weighted by Gasteiger charge is -2.16. The minimum Gasteiger partial charge on any atom is -0.334 e. The van der Waals surface area contributed by atoms with E-state index in [-0.39, 0.29) is 5.91 Å². The molecule has 9 heavy (non-hydrogen) atoms. The summed E-state index contributed by atoms with van der Waals surface area (Å²) in [5.41, 5.74) is 0. The molecule has 0 saturated carbocycles. The van der Waals surface area contributed by atoms with Gasteiger partial charge in [0, 0.05) is 13.5 Å². The van der Waals surface area contributed by atoms with Crippen LogP contribution < -0.4 is 0 Å². The average Bonchev–Trinajstić information content (AvgIpc) is 1.82. The van der Waals surface area contributed by atoms with Crippen molar-refractivity contribution in [1.82, 2.24) is 4.90 Å². The highest BCUT2D eigenvalue weighted by molar-refractivity contribution is 7.98. The van der Waals surface area contributed by atoms with Crippen LogP contribution in [0.2, 0.25) is 0 Å². The number of hydrogen-bond acceptors (Lipinski definition) is 2. The predicted octanol–water partition coefficient (Wildman–Crippen LogP) is 1.18. The van der Waals surface area contributed by atoms with Gasteiger partial charge in [-0.15, -0.1) is 11.8 Å². The van der Waals surface area contributed by atoms with Gasteiger partial charge in [0.1, 0.15) is 0 Å². The summed E-state index contributed by atoms with van der Waals surface area (Å²) in [5.74, 6) is 0.970. The average molecular weight is 147 g/mol. The van der Waals surface area contributed by atoms with Crippen LogP contribution in [0.1, 0.15) is 13.8 Å². The van der Waals surface area contributed by atoms with E-state index in [9.17, 15) is 4.79 Å². The van der Waals surface area contributed by atoms with Gasteiger partial charge in [-0.1, -0.05) is 0 Å². The quantitative estimate of drug-likeness (QED) is 0.559. The fraction of sp³-hybridized carbons (Fsp3) is 0.833. The first-order valence-electron chi connectivity index (χ1n) is 2.96. The molecule has 0 N–H and O–H groups in total. The van der Waals surface area contributed by atoms with E-state index < -0.39 is 0 Å². The maximum Gasteiger partial charge on any atom is 0.220 e. The van der Waals surface area contributed by atoms with E-state index in [0.29, 0.717) is 0 Å². The standard InChI is InChI=1S/C6H13NOS/c1-4-7(5-9-3)6(2)8/h4-5H2,1-3H3. The second-order valence-electron chi connectivity index (χ2n) is 1.79. The molecule has 0 atom stereocenters. The third kappa shape index (κ3) is 3.40. The number of thioether (sulfide) groups is 1. The first-order valence-corrected chi connectivity index (χ1v) is 4.36. The van der Waals surface area contributed by atoms with Crippen LogP contribution in [0.5, 0.6) is 0 Å². The summed E-state index contributed by atoms with van der Waals surface area (Å²) in [6, 6.07) is 0. The third-order valence-corrected chi connectivity index (χ3v) is 1.68. The highest BCUT2D eigenvalue weighted by atomic mass is 32.2. The number of carbonyl (C=O) groups is 1. The van der Waals surface area contributed by atoms with Gasteiger partial charge in [-0.05, 0) is 13.2 Å². The van der Waals surface area contributed by atoms with E-state index in [1.54, 1.807) is 23.6 Å². The maximum absolute atomic E-state index is 10.7. The number of amides is 1. The molecular formula is C6H13NOS. The van der Waals surface area contributed by atoms with Crippen molar-refractivity contribution in [3.8, 4) is 0 Å². The monoisotopic (exact) mass is 147 g/mol. The highest BCUT2D eigenvalue weighted by Gasteiger charge is 2.01. The molecular weight excluding hydrogens is 134 g/mol. The molecule has 0 aromatic carbocycles. The predicted molar refractivity (Wildman–Crippen MR) is 41.4 cm³/mol. The Morgan fingerprint density at radius 2 is 2.22 bits per heavy atom. The Balaban J connectivity index is 3.54. The lowest BCUT2D eigenvalue weighted by Crippen LogP contribution is -2.27. The minimum atomic E-state index is 0.159. The van der Waals surface area contributed by atoms with E-state index in [0.717, 1.165) is 12.4 Å². The molecule has 0 radical (unpaired) electrons. The van der Waals surface area contributed by atoms with Gasteiger partial charge in [-0.3, -0.25) is 4.79 Å². The second-order valence-corrected chi connectivity index (χ2v) is 2.63. The molecule has 0 aliphatic heterocycles. The van der Waals surface area contributed by atoms with Crippen molar-refractivity contribution >= 4 is 17.7 Å². The Kier molecular flexibility index (Phi) is 4.58. The summed E-state index contributed by atoms with van der Waals surface area (Å²) in [6.07, 6.45) is 1.99. The van der Waals surface area contributed by atoms with Gasteiger partial charge in [-0.2, -0.15) is 0 Å². The zero-order valence-electron chi connectivity index (χ0n) is 6.18. The van der Waals surface area contributed by atoms with Crippen molar-refractivity contribution in [2.24, 2.45) is 0 Å². The molecule has 0 unspecified atom stereocenters. The van der Waals surface area contributed by atoms with Crippen molar-refractivity contribution in [2.45, 2.75) is 13.8 Å². The van der Waals surface area contributed by atoms with Gasteiger partial charge >= 0.3 is 0 Å². The van der Waals surface area contributed by atoms with Crippen LogP contribution in [0.25, 0.3) is 0 Å². The van der Waals surface area contributed by atoms with Crippen LogP contribution in [0.4, 0.5) is 0 Å². The van der Waals surface area contributed by atoms with Crippen LogP contribution in [-0.2, 0) is 4.79 Å². The van der Waals surface area contributed by atoms with E-state index in [4.69, 9.17) is 0 Å². The summed E-state index contributed by atoms with van der Waals surface area (Å²) < 4.78 is 0. The highest BCUT2D eigenvalue weighted by Crippen LogP contribution is 1.97. The Morgan fingerprint density at radius 1 is 1.67 bits per heavy atom. The number of carbonyl (C=O) groups excluding carboxylic acids is 1. The van der Waals surface area contributed by atoms with Gasteiger partial charge in [0.15, 0.2) is 0 Å². The van der Waals surface area contributed by atoms with Crippen LogP contribution >= 0.6 is 11.8 Å². The van der Waals surface area contributed by atoms with Gasteiger partial charge in [-0.25, -0.2) is 0 Å². The van der Waals surface area contributed by atoms with Crippen LogP contribution in [-0.4, -0.2) is 29.5 Å². The molecule has 54 valence electrons. The van der Waals surface area contributed by atoms with Crippen LogP contribution in [0.15, 0.2) is 0 Å². The Labute approximate surface area is 60.6 Å². The molecule has 0 heterocycles. The molecule has 0 aliphatic rings. The number of hydrogen-bond donors (Lipinski definition) is 0. The van der Waals surface area contributed by atoms with Gasteiger partial charge < -0.3 is 4.90 Å². The second kappa shape index (κ2) is 4.68. The first-order chi connectivity index (χ1) is 4.22. The largest absolute Gasteiger partial charge is 0.334 e. The van der Waals surface area contributed by atoms with Crippen molar-refractivity contribution < 1.29 is 4.79 Å².